The number of rotatable bonds is 2. The van der Waals surface area contributed by atoms with Crippen LogP contribution in [0.4, 0.5) is 5.69 Å². The monoisotopic (exact) mass is 239 g/mol. The first-order valence-corrected chi connectivity index (χ1v) is 5.30. The molecule has 0 spiro atoms. The van der Waals surface area contributed by atoms with E-state index >= 15 is 0 Å². The summed E-state index contributed by atoms with van der Waals surface area (Å²) in [7, 11) is 0. The van der Waals surface area contributed by atoms with E-state index in [1.807, 2.05) is 0 Å². The first kappa shape index (κ1) is 11.0. The van der Waals surface area contributed by atoms with Crippen LogP contribution in [0.15, 0.2) is 18.2 Å². The Kier molecular flexibility index (Phi) is 2.83. The summed E-state index contributed by atoms with van der Waals surface area (Å²) in [6.45, 7) is 0.599. The molecule has 1 saturated heterocycles. The van der Waals surface area contributed by atoms with Gasteiger partial charge in [-0.15, -0.1) is 0 Å². The van der Waals surface area contributed by atoms with E-state index in [9.17, 15) is 9.59 Å². The highest BCUT2D eigenvalue weighted by Crippen LogP contribution is 2.30. The van der Waals surface area contributed by atoms with Crippen LogP contribution in [0.2, 0.25) is 5.02 Å². The van der Waals surface area contributed by atoms with Gasteiger partial charge in [-0.05, 0) is 24.6 Å². The van der Waals surface area contributed by atoms with Gasteiger partial charge in [-0.2, -0.15) is 0 Å². The maximum atomic E-state index is 11.5. The summed E-state index contributed by atoms with van der Waals surface area (Å²) in [4.78, 5) is 23.9. The SMILES string of the molecule is O=C(O)c1ccc(Cl)c(N2CCCC2=O)c1. The molecule has 1 amide bonds. The number of benzene rings is 1. The average molecular weight is 240 g/mol. The van der Waals surface area contributed by atoms with Crippen molar-refractivity contribution in [2.75, 3.05) is 11.4 Å². The third-order valence-electron chi connectivity index (χ3n) is 2.56. The molecule has 1 aromatic rings. The molecule has 4 nitrogen and oxygen atoms in total. The van der Waals surface area contributed by atoms with Gasteiger partial charge in [-0.3, -0.25) is 4.79 Å². The summed E-state index contributed by atoms with van der Waals surface area (Å²) in [6, 6.07) is 4.37. The Morgan fingerprint density at radius 2 is 2.19 bits per heavy atom. The molecular formula is C11H10ClNO3. The molecular weight excluding hydrogens is 230 g/mol. The van der Waals surface area contributed by atoms with Gasteiger partial charge < -0.3 is 10.0 Å². The zero-order valence-corrected chi connectivity index (χ0v) is 9.20. The zero-order chi connectivity index (χ0) is 11.7. The second-order valence-electron chi connectivity index (χ2n) is 3.62. The molecule has 0 atom stereocenters. The van der Waals surface area contributed by atoms with Crippen LogP contribution in [0, 0.1) is 0 Å². The number of nitrogens with zero attached hydrogens (tertiary/aromatic N) is 1. The molecule has 1 heterocycles. The summed E-state index contributed by atoms with van der Waals surface area (Å²) in [5, 5.41) is 9.27. The van der Waals surface area contributed by atoms with Crippen molar-refractivity contribution in [3.63, 3.8) is 0 Å². The molecule has 5 heteroatoms. The van der Waals surface area contributed by atoms with Gasteiger partial charge in [0.2, 0.25) is 5.91 Å². The Morgan fingerprint density at radius 3 is 2.75 bits per heavy atom. The van der Waals surface area contributed by atoms with Crippen LogP contribution in [0.25, 0.3) is 0 Å². The van der Waals surface area contributed by atoms with E-state index in [0.29, 0.717) is 23.7 Å². The van der Waals surface area contributed by atoms with E-state index in [4.69, 9.17) is 16.7 Å². The summed E-state index contributed by atoms with van der Waals surface area (Å²) >= 11 is 5.96. The van der Waals surface area contributed by atoms with Crippen molar-refractivity contribution in [1.29, 1.82) is 0 Å². The molecule has 1 fully saturated rings. The third-order valence-corrected chi connectivity index (χ3v) is 2.88. The Labute approximate surface area is 97.4 Å². The Hall–Kier alpha value is -1.55. The van der Waals surface area contributed by atoms with Crippen molar-refractivity contribution >= 4 is 29.2 Å². The molecule has 16 heavy (non-hydrogen) atoms. The van der Waals surface area contributed by atoms with Gasteiger partial charge >= 0.3 is 5.97 Å². The lowest BCUT2D eigenvalue weighted by Crippen LogP contribution is -2.24. The maximum absolute atomic E-state index is 11.5. The largest absolute Gasteiger partial charge is 0.478 e. The third kappa shape index (κ3) is 1.88. The van der Waals surface area contributed by atoms with Crippen LogP contribution in [0.3, 0.4) is 0 Å². The minimum atomic E-state index is -1.02. The van der Waals surface area contributed by atoms with Crippen LogP contribution in [-0.4, -0.2) is 23.5 Å². The quantitative estimate of drug-likeness (QED) is 0.861. The number of hydrogen-bond donors (Lipinski definition) is 1. The number of amides is 1. The van der Waals surface area contributed by atoms with E-state index in [-0.39, 0.29) is 11.5 Å². The molecule has 0 unspecified atom stereocenters. The molecule has 1 N–H and O–H groups in total. The van der Waals surface area contributed by atoms with E-state index < -0.39 is 5.97 Å². The van der Waals surface area contributed by atoms with Crippen molar-refractivity contribution in [2.24, 2.45) is 0 Å². The number of halogens is 1. The number of aromatic carboxylic acids is 1. The van der Waals surface area contributed by atoms with Crippen molar-refractivity contribution in [2.45, 2.75) is 12.8 Å². The number of carboxylic acid groups (broad SMARTS) is 1. The Morgan fingerprint density at radius 1 is 1.44 bits per heavy atom. The molecule has 2 rings (SSSR count). The normalized spacial score (nSPS) is 15.6. The highest BCUT2D eigenvalue weighted by molar-refractivity contribution is 6.34. The molecule has 0 aliphatic carbocycles. The lowest BCUT2D eigenvalue weighted by molar-refractivity contribution is -0.117. The van der Waals surface area contributed by atoms with Crippen molar-refractivity contribution in [3.05, 3.63) is 28.8 Å². The summed E-state index contributed by atoms with van der Waals surface area (Å²) in [5.74, 6) is -1.03. The van der Waals surface area contributed by atoms with E-state index in [1.54, 1.807) is 0 Å². The topological polar surface area (TPSA) is 57.6 Å². The van der Waals surface area contributed by atoms with Crippen LogP contribution in [-0.2, 0) is 4.79 Å². The van der Waals surface area contributed by atoms with Gasteiger partial charge in [0.05, 0.1) is 16.3 Å². The number of carboxylic acids is 1. The van der Waals surface area contributed by atoms with Gasteiger partial charge in [0.15, 0.2) is 0 Å². The molecule has 0 radical (unpaired) electrons. The molecule has 0 saturated carbocycles. The minimum Gasteiger partial charge on any atom is -0.478 e. The second kappa shape index (κ2) is 4.14. The summed E-state index contributed by atoms with van der Waals surface area (Å²) in [5.41, 5.74) is 0.628. The first-order valence-electron chi connectivity index (χ1n) is 4.93. The van der Waals surface area contributed by atoms with Crippen LogP contribution < -0.4 is 4.90 Å². The zero-order valence-electron chi connectivity index (χ0n) is 8.44. The van der Waals surface area contributed by atoms with E-state index in [2.05, 4.69) is 0 Å². The molecule has 0 aromatic heterocycles. The number of carbonyl (C=O) groups excluding carboxylic acids is 1. The minimum absolute atomic E-state index is 0.00978. The highest BCUT2D eigenvalue weighted by Gasteiger charge is 2.24. The van der Waals surface area contributed by atoms with Crippen molar-refractivity contribution in [3.8, 4) is 0 Å². The first-order chi connectivity index (χ1) is 7.59. The van der Waals surface area contributed by atoms with Crippen molar-refractivity contribution < 1.29 is 14.7 Å². The van der Waals surface area contributed by atoms with Gasteiger partial charge in [-0.1, -0.05) is 11.6 Å². The van der Waals surface area contributed by atoms with Gasteiger partial charge in [0, 0.05) is 13.0 Å². The standard InChI is InChI=1S/C11H10ClNO3/c12-8-4-3-7(11(15)16)6-9(8)13-5-1-2-10(13)14/h3-4,6H,1-2,5H2,(H,15,16). The fourth-order valence-electron chi connectivity index (χ4n) is 1.76. The fourth-order valence-corrected chi connectivity index (χ4v) is 1.97. The summed E-state index contributed by atoms with van der Waals surface area (Å²) < 4.78 is 0. The Balaban J connectivity index is 2.42. The molecule has 1 aliphatic heterocycles. The maximum Gasteiger partial charge on any atom is 0.335 e. The molecule has 0 bridgehead atoms. The van der Waals surface area contributed by atoms with E-state index in [1.165, 1.54) is 23.1 Å². The lowest BCUT2D eigenvalue weighted by atomic mass is 10.2. The van der Waals surface area contributed by atoms with Crippen LogP contribution in [0.5, 0.6) is 0 Å². The second-order valence-corrected chi connectivity index (χ2v) is 4.03. The number of anilines is 1. The average Bonchev–Trinajstić information content (AvgIpc) is 2.65. The van der Waals surface area contributed by atoms with Gasteiger partial charge in [-0.25, -0.2) is 4.79 Å². The summed E-state index contributed by atoms with van der Waals surface area (Å²) in [6.07, 6.45) is 1.28. The van der Waals surface area contributed by atoms with Crippen LogP contribution >= 0.6 is 11.6 Å². The van der Waals surface area contributed by atoms with E-state index in [0.717, 1.165) is 6.42 Å². The number of hydrogen-bond acceptors (Lipinski definition) is 2. The van der Waals surface area contributed by atoms with Crippen LogP contribution in [0.1, 0.15) is 23.2 Å². The van der Waals surface area contributed by atoms with Gasteiger partial charge in [0.25, 0.3) is 0 Å². The fraction of sp³-hybridized carbons (Fsp3) is 0.273. The predicted octanol–water partition coefficient (Wildman–Crippen LogP) is 2.17. The van der Waals surface area contributed by atoms with Gasteiger partial charge in [0.1, 0.15) is 0 Å². The highest BCUT2D eigenvalue weighted by atomic mass is 35.5. The number of carbonyl (C=O) groups is 2. The molecule has 1 aliphatic rings. The van der Waals surface area contributed by atoms with Crippen molar-refractivity contribution in [1.82, 2.24) is 0 Å². The Bertz CT molecular complexity index is 459. The smallest absolute Gasteiger partial charge is 0.335 e. The molecule has 1 aromatic carbocycles. The lowest BCUT2D eigenvalue weighted by Gasteiger charge is -2.17. The molecule has 84 valence electrons. The predicted molar refractivity (Wildman–Crippen MR) is 60.0 cm³/mol.